The van der Waals surface area contributed by atoms with Crippen LogP contribution in [0.1, 0.15) is 65.8 Å². The molecule has 0 spiro atoms. The van der Waals surface area contributed by atoms with Crippen LogP contribution in [0.15, 0.2) is 12.1 Å². The molecule has 1 aromatic rings. The maximum Gasteiger partial charge on any atom is 0.220 e. The molecule has 0 aromatic carbocycles. The summed E-state index contributed by atoms with van der Waals surface area (Å²) in [4.78, 5) is 15.9. The molecule has 0 bridgehead atoms. The number of carbonyl (C=O) groups is 1. The minimum Gasteiger partial charge on any atom is -0.491 e. The summed E-state index contributed by atoms with van der Waals surface area (Å²) in [5.41, 5.74) is 0.890. The SMILES string of the molecule is CC.CC.CSSC(C)(C)CCC(=O)NCCOCCOCCOc1cc(CO)nc(CO)c1. The molecule has 1 rings (SSSR count). The predicted octanol–water partition coefficient (Wildman–Crippen LogP) is 4.22. The highest BCUT2D eigenvalue weighted by atomic mass is 33.1. The van der Waals surface area contributed by atoms with E-state index in [0.29, 0.717) is 63.1 Å². The van der Waals surface area contributed by atoms with Crippen LogP contribution in [0.2, 0.25) is 0 Å². The van der Waals surface area contributed by atoms with Crippen LogP contribution in [-0.4, -0.2) is 71.7 Å². The van der Waals surface area contributed by atoms with E-state index in [9.17, 15) is 4.79 Å². The van der Waals surface area contributed by atoms with Gasteiger partial charge >= 0.3 is 0 Å². The van der Waals surface area contributed by atoms with Gasteiger partial charge in [0.2, 0.25) is 5.91 Å². The highest BCUT2D eigenvalue weighted by Crippen LogP contribution is 2.36. The van der Waals surface area contributed by atoms with Crippen LogP contribution in [0.4, 0.5) is 0 Å². The molecule has 1 heterocycles. The fraction of sp³-hybridized carbons (Fsp3) is 0.750. The molecule has 0 saturated carbocycles. The summed E-state index contributed by atoms with van der Waals surface area (Å²) in [6.07, 6.45) is 3.40. The van der Waals surface area contributed by atoms with Gasteiger partial charge in [-0.2, -0.15) is 0 Å². The quantitative estimate of drug-likeness (QED) is 0.205. The Hall–Kier alpha value is -1.04. The molecule has 0 aliphatic carbocycles. The van der Waals surface area contributed by atoms with Gasteiger partial charge in [0.25, 0.3) is 0 Å². The minimum absolute atomic E-state index is 0.0478. The standard InChI is InChI=1S/C20H34N2O6S2.2C2H6/c1-20(2,30-29-3)5-4-19(25)21-6-7-26-8-9-27-10-11-28-18-12-16(14-23)22-17(13-18)15-24;2*1-2/h12-13,23-24H,4-11,14-15H2,1-3H3,(H,21,25);2*1-2H3. The van der Waals surface area contributed by atoms with E-state index < -0.39 is 0 Å². The summed E-state index contributed by atoms with van der Waals surface area (Å²) in [7, 11) is 3.51. The van der Waals surface area contributed by atoms with E-state index in [4.69, 9.17) is 24.4 Å². The molecule has 0 saturated heterocycles. The summed E-state index contributed by atoms with van der Waals surface area (Å²) in [6, 6.07) is 3.25. The molecule has 1 amide bonds. The Kier molecular flexibility index (Phi) is 24.5. The van der Waals surface area contributed by atoms with Gasteiger partial charge in [-0.15, -0.1) is 0 Å². The molecule has 0 radical (unpaired) electrons. The fourth-order valence-electron chi connectivity index (χ4n) is 2.44. The lowest BCUT2D eigenvalue weighted by atomic mass is 10.1. The maximum atomic E-state index is 11.8. The van der Waals surface area contributed by atoms with Crippen molar-refractivity contribution in [2.24, 2.45) is 0 Å². The van der Waals surface area contributed by atoms with E-state index >= 15 is 0 Å². The van der Waals surface area contributed by atoms with E-state index in [-0.39, 0.29) is 23.9 Å². The van der Waals surface area contributed by atoms with Gasteiger partial charge in [-0.3, -0.25) is 9.78 Å². The zero-order chi connectivity index (χ0) is 26.2. The molecule has 0 fully saturated rings. The highest BCUT2D eigenvalue weighted by molar-refractivity contribution is 8.76. The highest BCUT2D eigenvalue weighted by Gasteiger charge is 2.19. The normalized spacial score (nSPS) is 10.5. The van der Waals surface area contributed by atoms with E-state index in [1.807, 2.05) is 34.0 Å². The Balaban J connectivity index is 0. The number of aromatic nitrogens is 1. The van der Waals surface area contributed by atoms with Gasteiger partial charge in [-0.25, -0.2) is 0 Å². The minimum atomic E-state index is -0.215. The molecular formula is C24H46N2O6S2. The van der Waals surface area contributed by atoms with Crippen LogP contribution in [-0.2, 0) is 27.5 Å². The van der Waals surface area contributed by atoms with Crippen molar-refractivity contribution in [3.05, 3.63) is 23.5 Å². The number of carbonyl (C=O) groups excluding carboxylic acids is 1. The molecule has 3 N–H and O–H groups in total. The van der Waals surface area contributed by atoms with Gasteiger partial charge in [-0.1, -0.05) is 49.3 Å². The van der Waals surface area contributed by atoms with Crippen molar-refractivity contribution in [2.45, 2.75) is 72.3 Å². The van der Waals surface area contributed by atoms with Crippen molar-refractivity contribution in [3.63, 3.8) is 0 Å². The third kappa shape index (κ3) is 19.3. The largest absolute Gasteiger partial charge is 0.491 e. The van der Waals surface area contributed by atoms with Gasteiger partial charge < -0.3 is 29.7 Å². The Morgan fingerprint density at radius 1 is 0.971 bits per heavy atom. The van der Waals surface area contributed by atoms with Crippen molar-refractivity contribution < 1.29 is 29.2 Å². The first-order valence-electron chi connectivity index (χ1n) is 11.9. The Morgan fingerprint density at radius 2 is 1.50 bits per heavy atom. The Morgan fingerprint density at radius 3 is 2.03 bits per heavy atom. The van der Waals surface area contributed by atoms with Crippen LogP contribution in [0.5, 0.6) is 5.75 Å². The van der Waals surface area contributed by atoms with Crippen LogP contribution in [0.3, 0.4) is 0 Å². The average Bonchev–Trinajstić information content (AvgIpc) is 2.86. The van der Waals surface area contributed by atoms with Crippen LogP contribution < -0.4 is 10.1 Å². The second-order valence-electron chi connectivity index (χ2n) is 7.03. The van der Waals surface area contributed by atoms with Gasteiger partial charge in [0.1, 0.15) is 12.4 Å². The number of aliphatic hydroxyl groups is 2. The third-order valence-corrected chi connectivity index (χ3v) is 6.60. The molecule has 0 aliphatic rings. The molecule has 0 aliphatic heterocycles. The van der Waals surface area contributed by atoms with Crippen LogP contribution in [0, 0.1) is 0 Å². The van der Waals surface area contributed by atoms with Gasteiger partial charge in [-0.05, 0) is 26.5 Å². The lowest BCUT2D eigenvalue weighted by molar-refractivity contribution is -0.121. The number of nitrogens with zero attached hydrogens (tertiary/aromatic N) is 1. The van der Waals surface area contributed by atoms with E-state index in [1.165, 1.54) is 0 Å². The van der Waals surface area contributed by atoms with E-state index in [0.717, 1.165) is 6.42 Å². The molecule has 200 valence electrons. The van der Waals surface area contributed by atoms with Gasteiger partial charge in [0.05, 0.1) is 51.0 Å². The third-order valence-electron chi connectivity index (χ3n) is 3.93. The van der Waals surface area contributed by atoms with Crippen LogP contribution >= 0.6 is 21.6 Å². The summed E-state index contributed by atoms with van der Waals surface area (Å²) in [5.74, 6) is 0.579. The lowest BCUT2D eigenvalue weighted by Crippen LogP contribution is -2.29. The number of aliphatic hydroxyl groups excluding tert-OH is 2. The number of ether oxygens (including phenoxy) is 3. The van der Waals surface area contributed by atoms with Crippen molar-refractivity contribution in [2.75, 3.05) is 45.8 Å². The Bertz CT molecular complexity index is 599. The predicted molar refractivity (Wildman–Crippen MR) is 143 cm³/mol. The molecule has 1 aromatic heterocycles. The number of nitrogens with one attached hydrogen (secondary N) is 1. The molecule has 8 nitrogen and oxygen atoms in total. The number of pyridine rings is 1. The Labute approximate surface area is 214 Å². The molecule has 10 heteroatoms. The number of hydrogen-bond acceptors (Lipinski definition) is 9. The molecule has 0 atom stereocenters. The molecular weight excluding hydrogens is 476 g/mol. The first-order valence-corrected chi connectivity index (χ1v) is 14.4. The van der Waals surface area contributed by atoms with Gasteiger partial charge in [0.15, 0.2) is 0 Å². The summed E-state index contributed by atoms with van der Waals surface area (Å²) < 4.78 is 16.5. The molecule has 0 unspecified atom stereocenters. The maximum absolute atomic E-state index is 11.8. The second-order valence-corrected chi connectivity index (χ2v) is 10.1. The first-order chi connectivity index (χ1) is 16.4. The number of rotatable bonds is 17. The zero-order valence-electron chi connectivity index (χ0n) is 22.0. The van der Waals surface area contributed by atoms with Crippen molar-refractivity contribution in [1.29, 1.82) is 0 Å². The number of hydrogen-bond donors (Lipinski definition) is 3. The summed E-state index contributed by atoms with van der Waals surface area (Å²) in [5, 5.41) is 21.2. The molecule has 34 heavy (non-hydrogen) atoms. The summed E-state index contributed by atoms with van der Waals surface area (Å²) >= 11 is 0. The van der Waals surface area contributed by atoms with Gasteiger partial charge in [0, 0.05) is 29.8 Å². The first kappa shape index (κ1) is 35.1. The van der Waals surface area contributed by atoms with Crippen molar-refractivity contribution in [1.82, 2.24) is 10.3 Å². The average molecular weight is 523 g/mol. The van der Waals surface area contributed by atoms with Crippen molar-refractivity contribution >= 4 is 27.5 Å². The number of amides is 1. The lowest BCUT2D eigenvalue weighted by Gasteiger charge is -2.21. The zero-order valence-corrected chi connectivity index (χ0v) is 23.6. The fourth-order valence-corrected chi connectivity index (χ4v) is 4.68. The summed E-state index contributed by atoms with van der Waals surface area (Å²) in [6.45, 7) is 14.4. The smallest absolute Gasteiger partial charge is 0.220 e. The van der Waals surface area contributed by atoms with E-state index in [2.05, 4.69) is 24.1 Å². The second kappa shape index (κ2) is 23.7. The topological polar surface area (TPSA) is 110 Å². The monoisotopic (exact) mass is 522 g/mol. The van der Waals surface area contributed by atoms with E-state index in [1.54, 1.807) is 33.7 Å². The van der Waals surface area contributed by atoms with Crippen LogP contribution in [0.25, 0.3) is 0 Å². The van der Waals surface area contributed by atoms with Crippen molar-refractivity contribution in [3.8, 4) is 5.75 Å².